The Kier molecular flexibility index (Phi) is 4.59. The molecule has 0 saturated carbocycles. The first-order valence-electron chi connectivity index (χ1n) is 4.22. The van der Waals surface area contributed by atoms with E-state index in [2.05, 4.69) is 24.4 Å². The Hall–Kier alpha value is -1.47. The van der Waals surface area contributed by atoms with Crippen LogP contribution in [0.15, 0.2) is 0 Å². The van der Waals surface area contributed by atoms with Gasteiger partial charge in [-0.25, -0.2) is 9.97 Å². The van der Waals surface area contributed by atoms with Crippen LogP contribution in [0.5, 0.6) is 0 Å². The lowest BCUT2D eigenvalue weighted by Gasteiger charge is -2.10. The molecule has 0 saturated heterocycles. The monoisotopic (exact) mass is 279 g/mol. The van der Waals surface area contributed by atoms with E-state index in [0.717, 1.165) is 14.2 Å². The molecule has 0 N–H and O–H groups in total. The number of ether oxygens (including phenoxy) is 2. The van der Waals surface area contributed by atoms with Gasteiger partial charge >= 0.3 is 11.9 Å². The fourth-order valence-corrected chi connectivity index (χ4v) is 1.39. The third kappa shape index (κ3) is 3.24. The number of hydrogen-bond donors (Lipinski definition) is 0. The van der Waals surface area contributed by atoms with Crippen molar-refractivity contribution in [2.24, 2.45) is 0 Å². The highest BCUT2D eigenvalue weighted by molar-refractivity contribution is 6.31. The lowest BCUT2D eigenvalue weighted by atomic mass is 10.1. The fourth-order valence-electron chi connectivity index (χ4n) is 1.01. The Labute approximate surface area is 106 Å². The van der Waals surface area contributed by atoms with Crippen LogP contribution in [0.1, 0.15) is 11.7 Å². The molecule has 0 aliphatic carbocycles. The minimum Gasteiger partial charge on any atom is -0.468 e. The van der Waals surface area contributed by atoms with Gasteiger partial charge in [-0.15, -0.1) is 0 Å². The summed E-state index contributed by atoms with van der Waals surface area (Å²) in [6, 6.07) is 0. The molecule has 0 fully saturated rings. The molecule has 0 aliphatic rings. The maximum Gasteiger partial charge on any atom is 0.327 e. The van der Waals surface area contributed by atoms with Gasteiger partial charge in [0.2, 0.25) is 16.5 Å². The van der Waals surface area contributed by atoms with E-state index in [-0.39, 0.29) is 16.4 Å². The number of esters is 2. The van der Waals surface area contributed by atoms with E-state index in [1.807, 2.05) is 0 Å². The van der Waals surface area contributed by atoms with Gasteiger partial charge in [0.1, 0.15) is 0 Å². The molecule has 0 atom stereocenters. The SMILES string of the molecule is COC(=O)C(C(=O)OC)c1nc(Cl)nc(Cl)n1. The lowest BCUT2D eigenvalue weighted by molar-refractivity contribution is -0.154. The van der Waals surface area contributed by atoms with Crippen molar-refractivity contribution >= 4 is 35.1 Å². The highest BCUT2D eigenvalue weighted by Gasteiger charge is 2.34. The molecular formula is C8H7Cl2N3O4. The topological polar surface area (TPSA) is 91.3 Å². The van der Waals surface area contributed by atoms with Gasteiger partial charge < -0.3 is 9.47 Å². The smallest absolute Gasteiger partial charge is 0.327 e. The summed E-state index contributed by atoms with van der Waals surface area (Å²) in [5.74, 6) is -3.43. The summed E-state index contributed by atoms with van der Waals surface area (Å²) >= 11 is 11.1. The van der Waals surface area contributed by atoms with Gasteiger partial charge in [-0.05, 0) is 23.2 Å². The molecule has 0 amide bonds. The molecule has 0 aromatic carbocycles. The highest BCUT2D eigenvalue weighted by atomic mass is 35.5. The van der Waals surface area contributed by atoms with Crippen molar-refractivity contribution in [1.29, 1.82) is 0 Å². The summed E-state index contributed by atoms with van der Waals surface area (Å²) in [7, 11) is 2.23. The molecule has 1 aromatic heterocycles. The molecule has 0 unspecified atom stereocenters. The predicted octanol–water partition coefficient (Wildman–Crippen LogP) is 0.608. The van der Waals surface area contributed by atoms with E-state index in [9.17, 15) is 9.59 Å². The van der Waals surface area contributed by atoms with Crippen LogP contribution < -0.4 is 0 Å². The van der Waals surface area contributed by atoms with E-state index >= 15 is 0 Å². The van der Waals surface area contributed by atoms with Crippen LogP contribution in [-0.2, 0) is 19.1 Å². The molecule has 17 heavy (non-hydrogen) atoms. The van der Waals surface area contributed by atoms with Gasteiger partial charge in [0.05, 0.1) is 14.2 Å². The Balaban J connectivity index is 3.21. The number of nitrogens with zero attached hydrogens (tertiary/aromatic N) is 3. The standard InChI is InChI=1S/C8H7Cl2N3O4/c1-16-5(14)3(6(15)17-2)4-11-7(9)13-8(10)12-4/h3H,1-2H3. The zero-order chi connectivity index (χ0) is 13.0. The summed E-state index contributed by atoms with van der Waals surface area (Å²) in [6.45, 7) is 0. The molecule has 92 valence electrons. The Bertz CT molecular complexity index is 418. The number of hydrogen-bond acceptors (Lipinski definition) is 7. The second-order valence-electron chi connectivity index (χ2n) is 2.71. The van der Waals surface area contributed by atoms with Crippen molar-refractivity contribution in [2.75, 3.05) is 14.2 Å². The molecule has 0 spiro atoms. The van der Waals surface area contributed by atoms with E-state index in [1.54, 1.807) is 0 Å². The molecule has 0 bridgehead atoms. The van der Waals surface area contributed by atoms with E-state index in [1.165, 1.54) is 0 Å². The van der Waals surface area contributed by atoms with Crippen molar-refractivity contribution in [3.63, 3.8) is 0 Å². The first-order chi connectivity index (χ1) is 7.99. The van der Waals surface area contributed by atoms with Crippen LogP contribution in [0, 0.1) is 0 Å². The van der Waals surface area contributed by atoms with Gasteiger partial charge in [0.15, 0.2) is 5.82 Å². The second-order valence-corrected chi connectivity index (χ2v) is 3.39. The van der Waals surface area contributed by atoms with Crippen molar-refractivity contribution < 1.29 is 19.1 Å². The summed E-state index contributed by atoms with van der Waals surface area (Å²) in [6.07, 6.45) is 0. The normalized spacial score (nSPS) is 10.2. The maximum atomic E-state index is 11.4. The van der Waals surface area contributed by atoms with Gasteiger partial charge in [0, 0.05) is 0 Å². The van der Waals surface area contributed by atoms with Gasteiger partial charge in [-0.2, -0.15) is 4.98 Å². The number of carbonyl (C=O) groups excluding carboxylic acids is 2. The third-order valence-electron chi connectivity index (χ3n) is 1.73. The predicted molar refractivity (Wildman–Crippen MR) is 56.6 cm³/mol. The van der Waals surface area contributed by atoms with Crippen LogP contribution in [0.4, 0.5) is 0 Å². The molecule has 0 radical (unpaired) electrons. The molecule has 7 nitrogen and oxygen atoms in total. The highest BCUT2D eigenvalue weighted by Crippen LogP contribution is 2.18. The Morgan fingerprint density at radius 3 is 1.76 bits per heavy atom. The number of methoxy groups -OCH3 is 2. The third-order valence-corrected chi connectivity index (χ3v) is 2.07. The summed E-state index contributed by atoms with van der Waals surface area (Å²) in [5, 5.41) is -0.476. The van der Waals surface area contributed by atoms with Crippen LogP contribution >= 0.6 is 23.2 Å². The molecule has 1 aromatic rings. The molecule has 9 heteroatoms. The Morgan fingerprint density at radius 2 is 1.41 bits per heavy atom. The average Bonchev–Trinajstić information content (AvgIpc) is 2.27. The van der Waals surface area contributed by atoms with Crippen molar-refractivity contribution in [2.45, 2.75) is 5.92 Å². The molecule has 1 rings (SSSR count). The van der Waals surface area contributed by atoms with Crippen molar-refractivity contribution in [3.05, 3.63) is 16.4 Å². The number of carbonyl (C=O) groups is 2. The van der Waals surface area contributed by atoms with Gasteiger partial charge in [-0.3, -0.25) is 9.59 Å². The van der Waals surface area contributed by atoms with E-state index < -0.39 is 17.9 Å². The van der Waals surface area contributed by atoms with Gasteiger partial charge in [0.25, 0.3) is 0 Å². The number of rotatable bonds is 3. The van der Waals surface area contributed by atoms with Crippen LogP contribution in [-0.4, -0.2) is 41.1 Å². The summed E-state index contributed by atoms with van der Waals surface area (Å²) in [4.78, 5) is 33.6. The summed E-state index contributed by atoms with van der Waals surface area (Å²) < 4.78 is 8.89. The van der Waals surface area contributed by atoms with Crippen LogP contribution in [0.3, 0.4) is 0 Å². The average molecular weight is 280 g/mol. The van der Waals surface area contributed by atoms with Crippen molar-refractivity contribution in [3.8, 4) is 0 Å². The zero-order valence-electron chi connectivity index (χ0n) is 8.81. The second kappa shape index (κ2) is 5.74. The maximum absolute atomic E-state index is 11.4. The molecular weight excluding hydrogens is 273 g/mol. The Morgan fingerprint density at radius 1 is 1.00 bits per heavy atom. The van der Waals surface area contributed by atoms with Crippen LogP contribution in [0.2, 0.25) is 10.6 Å². The van der Waals surface area contributed by atoms with Crippen LogP contribution in [0.25, 0.3) is 0 Å². The molecule has 1 heterocycles. The largest absolute Gasteiger partial charge is 0.468 e. The molecule has 0 aliphatic heterocycles. The van der Waals surface area contributed by atoms with Gasteiger partial charge in [-0.1, -0.05) is 0 Å². The van der Waals surface area contributed by atoms with E-state index in [0.29, 0.717) is 0 Å². The quantitative estimate of drug-likeness (QED) is 0.591. The van der Waals surface area contributed by atoms with E-state index in [4.69, 9.17) is 23.2 Å². The number of aromatic nitrogens is 3. The first kappa shape index (κ1) is 13.6. The fraction of sp³-hybridized carbons (Fsp3) is 0.375. The minimum absolute atomic E-state index is 0.228. The summed E-state index contributed by atoms with van der Waals surface area (Å²) in [5.41, 5.74) is 0. The lowest BCUT2D eigenvalue weighted by Crippen LogP contribution is -2.26. The zero-order valence-corrected chi connectivity index (χ0v) is 10.3. The first-order valence-corrected chi connectivity index (χ1v) is 4.97. The minimum atomic E-state index is -1.44. The van der Waals surface area contributed by atoms with Crippen molar-refractivity contribution in [1.82, 2.24) is 15.0 Å². The number of halogens is 2.